The maximum atomic E-state index is 12.8. The van der Waals surface area contributed by atoms with Crippen LogP contribution in [0, 0.1) is 19.7 Å². The van der Waals surface area contributed by atoms with Gasteiger partial charge in [0.25, 0.3) is 11.8 Å². The summed E-state index contributed by atoms with van der Waals surface area (Å²) in [6.45, 7) is 5.45. The van der Waals surface area contributed by atoms with Crippen LogP contribution < -0.4 is 15.6 Å². The van der Waals surface area contributed by atoms with Crippen molar-refractivity contribution in [3.8, 4) is 5.75 Å². The Kier molecular flexibility index (Phi) is 5.52. The van der Waals surface area contributed by atoms with Crippen molar-refractivity contribution in [3.05, 3.63) is 65.0 Å². The zero-order valence-electron chi connectivity index (χ0n) is 13.7. The Bertz CT molecular complexity index is 744. The molecule has 2 amide bonds. The van der Waals surface area contributed by atoms with Gasteiger partial charge < -0.3 is 4.74 Å². The molecule has 2 rings (SSSR count). The fourth-order valence-electron chi connectivity index (χ4n) is 1.99. The topological polar surface area (TPSA) is 67.4 Å². The molecular formula is C18H19FN2O3. The Morgan fingerprint density at radius 1 is 1.04 bits per heavy atom. The van der Waals surface area contributed by atoms with Gasteiger partial charge in [-0.2, -0.15) is 0 Å². The normalized spacial score (nSPS) is 11.5. The molecule has 0 bridgehead atoms. The Balaban J connectivity index is 1.91. The molecule has 24 heavy (non-hydrogen) atoms. The quantitative estimate of drug-likeness (QED) is 0.847. The second kappa shape index (κ2) is 7.59. The van der Waals surface area contributed by atoms with E-state index in [-0.39, 0.29) is 5.56 Å². The van der Waals surface area contributed by atoms with Gasteiger partial charge in [0.05, 0.1) is 0 Å². The molecule has 2 aromatic carbocycles. The molecule has 2 N–H and O–H groups in total. The van der Waals surface area contributed by atoms with Gasteiger partial charge >= 0.3 is 0 Å². The smallest absolute Gasteiger partial charge is 0.279 e. The van der Waals surface area contributed by atoms with E-state index in [1.54, 1.807) is 13.0 Å². The SMILES string of the molecule is Cc1cccc(O[C@@H](C)C(=O)NNC(=O)c2ccc(F)cc2)c1C. The standard InChI is InChI=1S/C18H19FN2O3/c1-11-5-4-6-16(12(11)2)24-13(3)17(22)20-21-18(23)14-7-9-15(19)10-8-14/h4-10,13H,1-3H3,(H,20,22)(H,21,23)/t13-/m0/s1. The predicted octanol–water partition coefficient (Wildman–Crippen LogP) is 2.67. The highest BCUT2D eigenvalue weighted by Gasteiger charge is 2.17. The molecule has 126 valence electrons. The first-order valence-corrected chi connectivity index (χ1v) is 7.47. The highest BCUT2D eigenvalue weighted by molar-refractivity contribution is 5.95. The van der Waals surface area contributed by atoms with Crippen molar-refractivity contribution in [1.29, 1.82) is 0 Å². The van der Waals surface area contributed by atoms with E-state index in [0.717, 1.165) is 11.1 Å². The van der Waals surface area contributed by atoms with Crippen molar-refractivity contribution in [2.24, 2.45) is 0 Å². The first-order chi connectivity index (χ1) is 11.4. The average molecular weight is 330 g/mol. The van der Waals surface area contributed by atoms with Gasteiger partial charge in [0.2, 0.25) is 0 Å². The Hall–Kier alpha value is -2.89. The number of ether oxygens (including phenoxy) is 1. The van der Waals surface area contributed by atoms with Gasteiger partial charge in [-0.05, 0) is 62.2 Å². The third kappa shape index (κ3) is 4.32. The third-order valence-corrected chi connectivity index (χ3v) is 3.63. The first-order valence-electron chi connectivity index (χ1n) is 7.47. The van der Waals surface area contributed by atoms with Crippen molar-refractivity contribution in [3.63, 3.8) is 0 Å². The molecule has 0 saturated carbocycles. The van der Waals surface area contributed by atoms with Gasteiger partial charge in [-0.3, -0.25) is 20.4 Å². The summed E-state index contributed by atoms with van der Waals surface area (Å²) >= 11 is 0. The number of halogens is 1. The fourth-order valence-corrected chi connectivity index (χ4v) is 1.99. The minimum Gasteiger partial charge on any atom is -0.481 e. The Morgan fingerprint density at radius 2 is 1.71 bits per heavy atom. The number of aryl methyl sites for hydroxylation is 1. The van der Waals surface area contributed by atoms with Gasteiger partial charge in [0.1, 0.15) is 11.6 Å². The number of carbonyl (C=O) groups excluding carboxylic acids is 2. The lowest BCUT2D eigenvalue weighted by atomic mass is 10.1. The molecule has 0 spiro atoms. The molecular weight excluding hydrogens is 311 g/mol. The van der Waals surface area contributed by atoms with E-state index in [1.807, 2.05) is 26.0 Å². The maximum Gasteiger partial charge on any atom is 0.279 e. The number of amides is 2. The zero-order chi connectivity index (χ0) is 17.7. The Morgan fingerprint density at radius 3 is 2.38 bits per heavy atom. The summed E-state index contributed by atoms with van der Waals surface area (Å²) in [6, 6.07) is 10.6. The summed E-state index contributed by atoms with van der Waals surface area (Å²) in [5, 5.41) is 0. The average Bonchev–Trinajstić information content (AvgIpc) is 2.57. The lowest BCUT2D eigenvalue weighted by Gasteiger charge is -2.17. The molecule has 0 aliphatic heterocycles. The highest BCUT2D eigenvalue weighted by atomic mass is 19.1. The minimum absolute atomic E-state index is 0.236. The summed E-state index contributed by atoms with van der Waals surface area (Å²) in [6.07, 6.45) is -0.793. The van der Waals surface area contributed by atoms with Crippen molar-refractivity contribution in [2.45, 2.75) is 26.9 Å². The van der Waals surface area contributed by atoms with Crippen LogP contribution in [-0.4, -0.2) is 17.9 Å². The number of rotatable bonds is 4. The lowest BCUT2D eigenvalue weighted by molar-refractivity contribution is -0.128. The van der Waals surface area contributed by atoms with Crippen LogP contribution in [0.4, 0.5) is 4.39 Å². The molecule has 0 heterocycles. The molecule has 0 aliphatic carbocycles. The summed E-state index contributed by atoms with van der Waals surface area (Å²) in [7, 11) is 0. The molecule has 0 unspecified atom stereocenters. The predicted molar refractivity (Wildman–Crippen MR) is 88.0 cm³/mol. The van der Waals surface area contributed by atoms with Crippen molar-refractivity contribution >= 4 is 11.8 Å². The van der Waals surface area contributed by atoms with Crippen LogP contribution in [0.2, 0.25) is 0 Å². The molecule has 0 radical (unpaired) electrons. The van der Waals surface area contributed by atoms with E-state index < -0.39 is 23.7 Å². The van der Waals surface area contributed by atoms with Crippen molar-refractivity contribution in [1.82, 2.24) is 10.9 Å². The summed E-state index contributed by atoms with van der Waals surface area (Å²) in [5.41, 5.74) is 6.81. The number of carbonyl (C=O) groups is 2. The van der Waals surface area contributed by atoms with Crippen LogP contribution in [0.1, 0.15) is 28.4 Å². The summed E-state index contributed by atoms with van der Waals surface area (Å²) in [4.78, 5) is 23.9. The van der Waals surface area contributed by atoms with Gasteiger partial charge in [-0.25, -0.2) is 4.39 Å². The van der Waals surface area contributed by atoms with Crippen LogP contribution in [0.5, 0.6) is 5.75 Å². The fraction of sp³-hybridized carbons (Fsp3) is 0.222. The van der Waals surface area contributed by atoms with E-state index in [2.05, 4.69) is 10.9 Å². The van der Waals surface area contributed by atoms with Crippen molar-refractivity contribution < 1.29 is 18.7 Å². The van der Waals surface area contributed by atoms with Gasteiger partial charge in [-0.15, -0.1) is 0 Å². The maximum absolute atomic E-state index is 12.8. The molecule has 2 aromatic rings. The minimum atomic E-state index is -0.793. The lowest BCUT2D eigenvalue weighted by Crippen LogP contribution is -2.47. The first kappa shape index (κ1) is 17.5. The van der Waals surface area contributed by atoms with Crippen LogP contribution in [0.15, 0.2) is 42.5 Å². The van der Waals surface area contributed by atoms with Gasteiger partial charge in [0.15, 0.2) is 6.10 Å². The summed E-state index contributed by atoms with van der Waals surface area (Å²) in [5.74, 6) is -0.859. The molecule has 0 fully saturated rings. The van der Waals surface area contributed by atoms with E-state index in [1.165, 1.54) is 24.3 Å². The number of hydrogen-bond acceptors (Lipinski definition) is 3. The molecule has 5 nitrogen and oxygen atoms in total. The van der Waals surface area contributed by atoms with Gasteiger partial charge in [-0.1, -0.05) is 12.1 Å². The third-order valence-electron chi connectivity index (χ3n) is 3.63. The number of hydrogen-bond donors (Lipinski definition) is 2. The molecule has 1 atom stereocenters. The monoisotopic (exact) mass is 330 g/mol. The van der Waals surface area contributed by atoms with Crippen LogP contribution >= 0.6 is 0 Å². The number of hydrazine groups is 1. The largest absolute Gasteiger partial charge is 0.481 e. The highest BCUT2D eigenvalue weighted by Crippen LogP contribution is 2.21. The summed E-state index contributed by atoms with van der Waals surface area (Å²) < 4.78 is 18.4. The molecule has 0 aromatic heterocycles. The van der Waals surface area contributed by atoms with Crippen molar-refractivity contribution in [2.75, 3.05) is 0 Å². The van der Waals surface area contributed by atoms with E-state index >= 15 is 0 Å². The Labute approximate surface area is 139 Å². The van der Waals surface area contributed by atoms with Gasteiger partial charge in [0, 0.05) is 5.56 Å². The second-order valence-corrected chi connectivity index (χ2v) is 5.41. The number of benzene rings is 2. The van der Waals surface area contributed by atoms with E-state index in [0.29, 0.717) is 5.75 Å². The van der Waals surface area contributed by atoms with E-state index in [9.17, 15) is 14.0 Å². The molecule has 0 saturated heterocycles. The van der Waals surface area contributed by atoms with E-state index in [4.69, 9.17) is 4.74 Å². The van der Waals surface area contributed by atoms with Crippen LogP contribution in [0.3, 0.4) is 0 Å². The molecule has 6 heteroatoms. The second-order valence-electron chi connectivity index (χ2n) is 5.41. The molecule has 0 aliphatic rings. The zero-order valence-corrected chi connectivity index (χ0v) is 13.7. The number of nitrogens with one attached hydrogen (secondary N) is 2. The van der Waals surface area contributed by atoms with Crippen LogP contribution in [0.25, 0.3) is 0 Å². The van der Waals surface area contributed by atoms with Crippen LogP contribution in [-0.2, 0) is 4.79 Å².